The van der Waals surface area contributed by atoms with E-state index in [-0.39, 0.29) is 0 Å². The van der Waals surface area contributed by atoms with Crippen LogP contribution < -0.4 is 4.43 Å². The third kappa shape index (κ3) is 4.70. The van der Waals surface area contributed by atoms with Gasteiger partial charge in [0.25, 0.3) is 0 Å². The molecule has 1 rings (SSSR count). The normalized spacial score (nSPS) is 11.1. The van der Waals surface area contributed by atoms with Crippen LogP contribution in [0.2, 0.25) is 42.8 Å². The molecule has 0 amide bonds. The first kappa shape index (κ1) is 15.7. The third-order valence-electron chi connectivity index (χ3n) is 1.98. The summed E-state index contributed by atoms with van der Waals surface area (Å²) in [5.74, 6) is 3.79. The molecule has 0 aliphatic carbocycles. The van der Waals surface area contributed by atoms with Crippen molar-refractivity contribution in [3.05, 3.63) is 27.7 Å². The lowest BCUT2D eigenvalue weighted by Crippen LogP contribution is -2.16. The Morgan fingerprint density at radius 1 is 1.11 bits per heavy atom. The standard InChI is InChI=1S/C13H18Cl2OSi2/c1-17(2)16-11-7-6-10(12(14)13(11)15)8-9-18(3,4)5/h6-7,17H,1-5H3. The maximum absolute atomic E-state index is 6.23. The van der Waals surface area contributed by atoms with Gasteiger partial charge in [0.05, 0.1) is 5.02 Å². The number of hydrogen-bond donors (Lipinski definition) is 0. The highest BCUT2D eigenvalue weighted by atomic mass is 35.5. The van der Waals surface area contributed by atoms with E-state index in [0.29, 0.717) is 15.8 Å². The molecular formula is C13H18Cl2OSi2. The highest BCUT2D eigenvalue weighted by molar-refractivity contribution is 6.83. The van der Waals surface area contributed by atoms with Crippen molar-refractivity contribution in [3.63, 3.8) is 0 Å². The van der Waals surface area contributed by atoms with Crippen molar-refractivity contribution in [1.82, 2.24) is 0 Å². The van der Waals surface area contributed by atoms with E-state index in [4.69, 9.17) is 27.6 Å². The Morgan fingerprint density at radius 3 is 2.22 bits per heavy atom. The molecule has 0 heterocycles. The summed E-state index contributed by atoms with van der Waals surface area (Å²) in [5.41, 5.74) is 4.06. The van der Waals surface area contributed by atoms with Crippen LogP contribution in [0.1, 0.15) is 5.56 Å². The lowest BCUT2D eigenvalue weighted by atomic mass is 10.2. The van der Waals surface area contributed by atoms with Crippen LogP contribution in [0, 0.1) is 11.5 Å². The summed E-state index contributed by atoms with van der Waals surface area (Å²) in [6.45, 7) is 10.7. The SMILES string of the molecule is C[SiH](C)Oc1ccc(C#C[Si](C)(C)C)c(Cl)c1Cl. The molecule has 0 aliphatic rings. The van der Waals surface area contributed by atoms with Gasteiger partial charge in [-0.15, -0.1) is 5.54 Å². The minimum atomic E-state index is -1.41. The smallest absolute Gasteiger partial charge is 0.229 e. The molecule has 0 unspecified atom stereocenters. The van der Waals surface area contributed by atoms with Crippen LogP contribution in [0.4, 0.5) is 0 Å². The quantitative estimate of drug-likeness (QED) is 0.573. The van der Waals surface area contributed by atoms with Gasteiger partial charge in [-0.2, -0.15) is 0 Å². The average molecular weight is 317 g/mol. The van der Waals surface area contributed by atoms with Crippen molar-refractivity contribution in [3.8, 4) is 17.2 Å². The van der Waals surface area contributed by atoms with Crippen molar-refractivity contribution in [2.75, 3.05) is 0 Å². The van der Waals surface area contributed by atoms with Gasteiger partial charge in [0.15, 0.2) is 0 Å². The van der Waals surface area contributed by atoms with Crippen molar-refractivity contribution in [1.29, 1.82) is 0 Å². The second-order valence-corrected chi connectivity index (χ2v) is 13.2. The maximum Gasteiger partial charge on any atom is 0.229 e. The summed E-state index contributed by atoms with van der Waals surface area (Å²) < 4.78 is 5.71. The summed E-state index contributed by atoms with van der Waals surface area (Å²) in [6.07, 6.45) is 0. The number of benzene rings is 1. The molecule has 0 radical (unpaired) electrons. The molecule has 0 aliphatic heterocycles. The molecule has 18 heavy (non-hydrogen) atoms. The van der Waals surface area contributed by atoms with Crippen LogP contribution >= 0.6 is 23.2 Å². The van der Waals surface area contributed by atoms with Crippen molar-refractivity contribution in [2.45, 2.75) is 32.7 Å². The summed E-state index contributed by atoms with van der Waals surface area (Å²) in [6, 6.07) is 3.74. The first-order valence-corrected chi connectivity index (χ1v) is 12.9. The Kier molecular flexibility index (Phi) is 5.36. The third-order valence-corrected chi connectivity index (χ3v) is 4.45. The zero-order valence-corrected chi connectivity index (χ0v) is 15.1. The molecule has 1 nitrogen and oxygen atoms in total. The van der Waals surface area contributed by atoms with Crippen molar-refractivity contribution in [2.24, 2.45) is 0 Å². The van der Waals surface area contributed by atoms with Crippen LogP contribution in [0.3, 0.4) is 0 Å². The molecule has 0 aromatic heterocycles. The summed E-state index contributed by atoms with van der Waals surface area (Å²) in [4.78, 5) is 0. The van der Waals surface area contributed by atoms with E-state index >= 15 is 0 Å². The number of hydrogen-bond acceptors (Lipinski definition) is 1. The molecule has 98 valence electrons. The monoisotopic (exact) mass is 316 g/mol. The van der Waals surface area contributed by atoms with Crippen molar-refractivity contribution < 1.29 is 4.43 Å². The van der Waals surface area contributed by atoms with E-state index in [1.807, 2.05) is 12.1 Å². The summed E-state index contributed by atoms with van der Waals surface area (Å²) in [7, 11) is -2.58. The van der Waals surface area contributed by atoms with Gasteiger partial charge in [0.1, 0.15) is 18.8 Å². The van der Waals surface area contributed by atoms with E-state index in [9.17, 15) is 0 Å². The molecule has 0 atom stereocenters. The van der Waals surface area contributed by atoms with Crippen LogP contribution in [0.25, 0.3) is 0 Å². The van der Waals surface area contributed by atoms with Crippen LogP contribution in [0.5, 0.6) is 5.75 Å². The number of rotatable bonds is 2. The lowest BCUT2D eigenvalue weighted by molar-refractivity contribution is 0.581. The highest BCUT2D eigenvalue weighted by Gasteiger charge is 2.12. The fourth-order valence-corrected chi connectivity index (χ4v) is 2.93. The minimum absolute atomic E-state index is 0.472. The molecule has 0 spiro atoms. The van der Waals surface area contributed by atoms with E-state index in [1.54, 1.807) is 0 Å². The van der Waals surface area contributed by atoms with Gasteiger partial charge >= 0.3 is 0 Å². The Labute approximate surface area is 122 Å². The van der Waals surface area contributed by atoms with Gasteiger partial charge in [0, 0.05) is 5.56 Å². The van der Waals surface area contributed by atoms with Gasteiger partial charge in [-0.05, 0) is 25.2 Å². The van der Waals surface area contributed by atoms with Crippen LogP contribution in [-0.2, 0) is 0 Å². The molecule has 0 fully saturated rings. The Morgan fingerprint density at radius 2 is 1.72 bits per heavy atom. The van der Waals surface area contributed by atoms with Crippen LogP contribution in [0.15, 0.2) is 12.1 Å². The van der Waals surface area contributed by atoms with Gasteiger partial charge in [-0.3, -0.25) is 0 Å². The van der Waals surface area contributed by atoms with E-state index in [1.165, 1.54) is 0 Å². The summed E-state index contributed by atoms with van der Waals surface area (Å²) >= 11 is 12.4. The molecule has 0 bridgehead atoms. The van der Waals surface area contributed by atoms with E-state index < -0.39 is 17.1 Å². The lowest BCUT2D eigenvalue weighted by Gasteiger charge is -2.12. The predicted octanol–water partition coefficient (Wildman–Crippen LogP) is 4.58. The highest BCUT2D eigenvalue weighted by Crippen LogP contribution is 2.34. The minimum Gasteiger partial charge on any atom is -0.546 e. The fraction of sp³-hybridized carbons (Fsp3) is 0.385. The summed E-state index contributed by atoms with van der Waals surface area (Å²) in [5, 5.41) is 0.967. The van der Waals surface area contributed by atoms with Gasteiger partial charge < -0.3 is 4.43 Å². The zero-order valence-electron chi connectivity index (χ0n) is 11.4. The van der Waals surface area contributed by atoms with Crippen molar-refractivity contribution >= 4 is 40.3 Å². The molecule has 1 aromatic rings. The fourth-order valence-electron chi connectivity index (χ4n) is 1.23. The molecule has 0 saturated carbocycles. The van der Waals surface area contributed by atoms with Gasteiger partial charge in [0.2, 0.25) is 9.04 Å². The maximum atomic E-state index is 6.23. The van der Waals surface area contributed by atoms with E-state index in [0.717, 1.165) is 5.56 Å². The van der Waals surface area contributed by atoms with Gasteiger partial charge in [-0.1, -0.05) is 48.8 Å². The Hall–Kier alpha value is -0.406. The zero-order chi connectivity index (χ0) is 13.9. The second kappa shape index (κ2) is 6.16. The topological polar surface area (TPSA) is 9.23 Å². The number of halogens is 2. The molecule has 1 aromatic carbocycles. The largest absolute Gasteiger partial charge is 0.546 e. The molecule has 5 heteroatoms. The van der Waals surface area contributed by atoms with E-state index in [2.05, 4.69) is 44.2 Å². The first-order chi connectivity index (χ1) is 8.20. The molecule has 0 saturated heterocycles. The predicted molar refractivity (Wildman–Crippen MR) is 86.2 cm³/mol. The second-order valence-electron chi connectivity index (χ2n) is 5.41. The van der Waals surface area contributed by atoms with Crippen LogP contribution in [-0.4, -0.2) is 17.1 Å². The Bertz CT molecular complexity index is 496. The Balaban J connectivity index is 3.11. The molecular weight excluding hydrogens is 299 g/mol. The first-order valence-electron chi connectivity index (χ1n) is 5.88. The van der Waals surface area contributed by atoms with Gasteiger partial charge in [-0.25, -0.2) is 0 Å². The molecule has 0 N–H and O–H groups in total. The average Bonchev–Trinajstić information content (AvgIpc) is 2.22.